The predicted molar refractivity (Wildman–Crippen MR) is 80.4 cm³/mol. The summed E-state index contributed by atoms with van der Waals surface area (Å²) in [6.07, 6.45) is 8.26. The number of hydrogen-bond donors (Lipinski definition) is 1. The molecule has 1 N–H and O–H groups in total. The minimum atomic E-state index is 0.712. The van der Waals surface area contributed by atoms with Gasteiger partial charge in [0.25, 0.3) is 0 Å². The van der Waals surface area contributed by atoms with Crippen molar-refractivity contribution in [2.75, 3.05) is 11.9 Å². The highest BCUT2D eigenvalue weighted by Crippen LogP contribution is 2.23. The molecule has 0 spiro atoms. The lowest BCUT2D eigenvalue weighted by Gasteiger charge is -2.22. The van der Waals surface area contributed by atoms with Crippen molar-refractivity contribution >= 4 is 5.69 Å². The van der Waals surface area contributed by atoms with E-state index in [1.54, 1.807) is 0 Å². The number of nitrogens with zero attached hydrogens (tertiary/aromatic N) is 3. The minimum absolute atomic E-state index is 0.712. The summed E-state index contributed by atoms with van der Waals surface area (Å²) in [5, 5.41) is 3.55. The molecule has 0 saturated heterocycles. The first kappa shape index (κ1) is 13.1. The zero-order chi connectivity index (χ0) is 13.8. The molecule has 2 aromatic rings. The Balaban J connectivity index is 1.71. The Bertz CT molecular complexity index is 551. The number of rotatable bonds is 6. The van der Waals surface area contributed by atoms with Gasteiger partial charge in [-0.05, 0) is 31.0 Å². The monoisotopic (exact) mass is 268 g/mol. The number of pyridine rings is 2. The third kappa shape index (κ3) is 3.33. The molecule has 0 bridgehead atoms. The first-order valence-electron chi connectivity index (χ1n) is 7.10. The van der Waals surface area contributed by atoms with Crippen LogP contribution in [0.3, 0.4) is 0 Å². The van der Waals surface area contributed by atoms with Gasteiger partial charge in [-0.1, -0.05) is 6.07 Å². The molecule has 2 aromatic heterocycles. The number of aromatic nitrogens is 2. The molecule has 0 aliphatic heterocycles. The molecule has 2 heterocycles. The maximum atomic E-state index is 4.39. The van der Waals surface area contributed by atoms with Crippen LogP contribution in [0.1, 0.15) is 24.1 Å². The van der Waals surface area contributed by atoms with Gasteiger partial charge >= 0.3 is 0 Å². The first-order valence-corrected chi connectivity index (χ1v) is 7.10. The van der Waals surface area contributed by atoms with Gasteiger partial charge in [0, 0.05) is 49.5 Å². The molecule has 0 unspecified atom stereocenters. The second-order valence-corrected chi connectivity index (χ2v) is 5.34. The first-order chi connectivity index (χ1) is 9.83. The number of nitrogens with one attached hydrogen (secondary N) is 1. The van der Waals surface area contributed by atoms with Gasteiger partial charge in [0.05, 0.1) is 12.2 Å². The molecule has 0 aromatic carbocycles. The second kappa shape index (κ2) is 6.01. The van der Waals surface area contributed by atoms with Crippen molar-refractivity contribution in [1.29, 1.82) is 0 Å². The van der Waals surface area contributed by atoms with Crippen LogP contribution in [0.5, 0.6) is 0 Å². The fourth-order valence-electron chi connectivity index (χ4n) is 2.29. The van der Waals surface area contributed by atoms with Crippen molar-refractivity contribution in [2.45, 2.75) is 32.0 Å². The molecule has 1 aliphatic rings. The highest BCUT2D eigenvalue weighted by Gasteiger charge is 2.20. The fourth-order valence-corrected chi connectivity index (χ4v) is 2.29. The van der Waals surface area contributed by atoms with E-state index in [2.05, 4.69) is 39.4 Å². The molecule has 4 nitrogen and oxygen atoms in total. The lowest BCUT2D eigenvalue weighted by Crippen LogP contribution is -2.22. The number of hydrogen-bond acceptors (Lipinski definition) is 4. The molecular weight excluding hydrogens is 248 g/mol. The Kier molecular flexibility index (Phi) is 3.92. The van der Waals surface area contributed by atoms with E-state index < -0.39 is 0 Å². The van der Waals surface area contributed by atoms with Crippen LogP contribution in [0, 0.1) is 0 Å². The summed E-state index contributed by atoms with van der Waals surface area (Å²) in [5.41, 5.74) is 3.55. The van der Waals surface area contributed by atoms with E-state index in [1.165, 1.54) is 24.1 Å². The normalized spacial score (nSPS) is 14.2. The fraction of sp³-hybridized carbons (Fsp3) is 0.375. The van der Waals surface area contributed by atoms with E-state index >= 15 is 0 Å². The Morgan fingerprint density at radius 3 is 2.90 bits per heavy atom. The Hall–Kier alpha value is -1.94. The molecule has 104 valence electrons. The summed E-state index contributed by atoms with van der Waals surface area (Å²) in [5.74, 6) is 0. The maximum absolute atomic E-state index is 4.39. The van der Waals surface area contributed by atoms with Gasteiger partial charge < -0.3 is 10.2 Å². The topological polar surface area (TPSA) is 41.1 Å². The summed E-state index contributed by atoms with van der Waals surface area (Å²) >= 11 is 0. The lowest BCUT2D eigenvalue weighted by atomic mass is 10.2. The van der Waals surface area contributed by atoms with Crippen molar-refractivity contribution < 1.29 is 0 Å². The van der Waals surface area contributed by atoms with E-state index in [-0.39, 0.29) is 0 Å². The van der Waals surface area contributed by atoms with Gasteiger partial charge in [-0.3, -0.25) is 9.97 Å². The number of anilines is 1. The van der Waals surface area contributed by atoms with Crippen LogP contribution >= 0.6 is 0 Å². The average Bonchev–Trinajstić information content (AvgIpc) is 3.31. The molecule has 0 radical (unpaired) electrons. The minimum Gasteiger partial charge on any atom is -0.368 e. The molecule has 4 heteroatoms. The average molecular weight is 268 g/mol. The van der Waals surface area contributed by atoms with Crippen LogP contribution in [0.2, 0.25) is 0 Å². The van der Waals surface area contributed by atoms with E-state index in [0.717, 1.165) is 18.8 Å². The summed E-state index contributed by atoms with van der Waals surface area (Å²) in [6.45, 7) is 1.70. The molecule has 0 atom stereocenters. The van der Waals surface area contributed by atoms with Crippen molar-refractivity contribution in [3.05, 3.63) is 54.1 Å². The summed E-state index contributed by atoms with van der Waals surface area (Å²) in [6, 6.07) is 8.82. The quantitative estimate of drug-likeness (QED) is 0.873. The third-order valence-corrected chi connectivity index (χ3v) is 3.57. The maximum Gasteiger partial charge on any atom is 0.0598 e. The molecule has 1 saturated carbocycles. The van der Waals surface area contributed by atoms with Crippen LogP contribution in [0.4, 0.5) is 5.69 Å². The molecule has 0 amide bonds. The SMILES string of the molecule is CN(Cc1ccccn1)c1ccncc1CNC1CC1. The van der Waals surface area contributed by atoms with Crippen molar-refractivity contribution in [1.82, 2.24) is 15.3 Å². The highest BCUT2D eigenvalue weighted by atomic mass is 15.1. The Morgan fingerprint density at radius 2 is 2.15 bits per heavy atom. The van der Waals surface area contributed by atoms with Gasteiger partial charge in [0.15, 0.2) is 0 Å². The van der Waals surface area contributed by atoms with E-state index in [4.69, 9.17) is 0 Å². The Morgan fingerprint density at radius 1 is 1.25 bits per heavy atom. The zero-order valence-corrected chi connectivity index (χ0v) is 11.8. The van der Waals surface area contributed by atoms with Crippen molar-refractivity contribution in [2.24, 2.45) is 0 Å². The van der Waals surface area contributed by atoms with Crippen LogP contribution in [0.25, 0.3) is 0 Å². The van der Waals surface area contributed by atoms with E-state index in [1.807, 2.05) is 30.7 Å². The largest absolute Gasteiger partial charge is 0.368 e. The highest BCUT2D eigenvalue weighted by molar-refractivity contribution is 5.51. The van der Waals surface area contributed by atoms with Gasteiger partial charge in [-0.2, -0.15) is 0 Å². The predicted octanol–water partition coefficient (Wildman–Crippen LogP) is 2.37. The molecule has 1 aliphatic carbocycles. The van der Waals surface area contributed by atoms with Crippen molar-refractivity contribution in [3.8, 4) is 0 Å². The van der Waals surface area contributed by atoms with Crippen LogP contribution < -0.4 is 10.2 Å². The van der Waals surface area contributed by atoms with Crippen LogP contribution in [-0.4, -0.2) is 23.1 Å². The van der Waals surface area contributed by atoms with E-state index in [0.29, 0.717) is 6.04 Å². The van der Waals surface area contributed by atoms with Crippen molar-refractivity contribution in [3.63, 3.8) is 0 Å². The van der Waals surface area contributed by atoms with Gasteiger partial charge in [-0.15, -0.1) is 0 Å². The molecule has 20 heavy (non-hydrogen) atoms. The summed E-state index contributed by atoms with van der Waals surface area (Å²) < 4.78 is 0. The molecule has 3 rings (SSSR count). The molecule has 1 fully saturated rings. The van der Waals surface area contributed by atoms with Crippen LogP contribution in [-0.2, 0) is 13.1 Å². The van der Waals surface area contributed by atoms with Gasteiger partial charge in [0.1, 0.15) is 0 Å². The van der Waals surface area contributed by atoms with Gasteiger partial charge in [0.2, 0.25) is 0 Å². The smallest absolute Gasteiger partial charge is 0.0598 e. The van der Waals surface area contributed by atoms with Crippen LogP contribution in [0.15, 0.2) is 42.9 Å². The molecular formula is C16H20N4. The zero-order valence-electron chi connectivity index (χ0n) is 11.8. The summed E-state index contributed by atoms with van der Waals surface area (Å²) in [7, 11) is 2.10. The Labute approximate surface area is 119 Å². The third-order valence-electron chi connectivity index (χ3n) is 3.57. The van der Waals surface area contributed by atoms with Gasteiger partial charge in [-0.25, -0.2) is 0 Å². The summed E-state index contributed by atoms with van der Waals surface area (Å²) in [4.78, 5) is 10.9. The standard InChI is InChI=1S/C16H20N4/c1-20(12-15-4-2-3-8-18-15)16-7-9-17-10-13(16)11-19-14-5-6-14/h2-4,7-10,14,19H,5-6,11-12H2,1H3. The second-order valence-electron chi connectivity index (χ2n) is 5.34. The lowest BCUT2D eigenvalue weighted by molar-refractivity contribution is 0.683. The van der Waals surface area contributed by atoms with E-state index in [9.17, 15) is 0 Å².